The second-order valence-corrected chi connectivity index (χ2v) is 7.98. The van der Waals surface area contributed by atoms with Crippen molar-refractivity contribution < 1.29 is 8.42 Å². The molecule has 1 fully saturated rings. The van der Waals surface area contributed by atoms with Gasteiger partial charge in [-0.25, -0.2) is 8.42 Å². The molecular formula is C19H19N3O2S. The van der Waals surface area contributed by atoms with E-state index in [0.29, 0.717) is 31.1 Å². The van der Waals surface area contributed by atoms with Crippen LogP contribution in [-0.4, -0.2) is 43.9 Å². The predicted octanol–water partition coefficient (Wildman–Crippen LogP) is 2.75. The minimum absolute atomic E-state index is 0.392. The van der Waals surface area contributed by atoms with Crippen molar-refractivity contribution in [1.29, 1.82) is 0 Å². The van der Waals surface area contributed by atoms with Gasteiger partial charge in [0, 0.05) is 49.6 Å². The summed E-state index contributed by atoms with van der Waals surface area (Å²) >= 11 is 0. The summed E-state index contributed by atoms with van der Waals surface area (Å²) in [4.78, 5) is 6.61. The summed E-state index contributed by atoms with van der Waals surface area (Å²) in [5, 5.41) is 1.72. The van der Waals surface area contributed by atoms with E-state index in [9.17, 15) is 8.42 Å². The van der Waals surface area contributed by atoms with Crippen LogP contribution in [0.3, 0.4) is 0 Å². The lowest BCUT2D eigenvalue weighted by molar-refractivity contribution is 0.385. The molecule has 25 heavy (non-hydrogen) atoms. The van der Waals surface area contributed by atoms with Gasteiger partial charge in [0.05, 0.1) is 4.90 Å². The number of hydrogen-bond donors (Lipinski definition) is 0. The van der Waals surface area contributed by atoms with Gasteiger partial charge in [0.2, 0.25) is 10.0 Å². The first kappa shape index (κ1) is 16.1. The summed E-state index contributed by atoms with van der Waals surface area (Å²) in [7, 11) is -3.50. The first-order valence-electron chi connectivity index (χ1n) is 8.29. The summed E-state index contributed by atoms with van der Waals surface area (Å²) in [6.07, 6.45) is 3.52. The number of benzene rings is 2. The second kappa shape index (κ2) is 6.46. The molecular weight excluding hydrogens is 334 g/mol. The summed E-state index contributed by atoms with van der Waals surface area (Å²) in [5.74, 6) is 0. The Bertz CT molecular complexity index is 976. The summed E-state index contributed by atoms with van der Waals surface area (Å²) < 4.78 is 27.9. The van der Waals surface area contributed by atoms with Crippen LogP contribution < -0.4 is 4.90 Å². The maximum Gasteiger partial charge on any atom is 0.243 e. The van der Waals surface area contributed by atoms with Crippen LogP contribution >= 0.6 is 0 Å². The number of hydrogen-bond acceptors (Lipinski definition) is 4. The highest BCUT2D eigenvalue weighted by atomic mass is 32.2. The molecule has 1 saturated heterocycles. The van der Waals surface area contributed by atoms with Crippen molar-refractivity contribution in [3.63, 3.8) is 0 Å². The minimum atomic E-state index is -3.50. The van der Waals surface area contributed by atoms with Crippen molar-refractivity contribution >= 4 is 26.5 Å². The third-order valence-corrected chi connectivity index (χ3v) is 6.59. The number of pyridine rings is 1. The zero-order valence-corrected chi connectivity index (χ0v) is 14.6. The van der Waals surface area contributed by atoms with E-state index >= 15 is 0 Å². The van der Waals surface area contributed by atoms with Gasteiger partial charge < -0.3 is 4.90 Å². The van der Waals surface area contributed by atoms with E-state index in [-0.39, 0.29) is 0 Å². The number of aromatic nitrogens is 1. The molecule has 0 spiro atoms. The number of fused-ring (bicyclic) bond motifs is 1. The highest BCUT2D eigenvalue weighted by molar-refractivity contribution is 7.89. The Kier molecular flexibility index (Phi) is 4.15. The van der Waals surface area contributed by atoms with Crippen LogP contribution in [0.1, 0.15) is 0 Å². The molecule has 1 aliphatic rings. The molecule has 0 atom stereocenters. The molecule has 0 amide bonds. The largest absolute Gasteiger partial charge is 0.369 e. The molecule has 0 bridgehead atoms. The number of nitrogens with zero attached hydrogens (tertiary/aromatic N) is 3. The van der Waals surface area contributed by atoms with Crippen molar-refractivity contribution in [2.45, 2.75) is 4.90 Å². The van der Waals surface area contributed by atoms with Crippen LogP contribution in [0.5, 0.6) is 0 Å². The second-order valence-electron chi connectivity index (χ2n) is 6.07. The molecule has 0 saturated carbocycles. The molecule has 2 heterocycles. The maximum atomic E-state index is 13.1. The molecule has 1 aliphatic heterocycles. The van der Waals surface area contributed by atoms with E-state index in [1.807, 2.05) is 48.5 Å². The van der Waals surface area contributed by atoms with Gasteiger partial charge in [0.25, 0.3) is 0 Å². The number of piperazine rings is 1. The number of sulfonamides is 1. The maximum absolute atomic E-state index is 13.1. The Morgan fingerprint density at radius 1 is 0.800 bits per heavy atom. The normalized spacial score (nSPS) is 16.2. The minimum Gasteiger partial charge on any atom is -0.369 e. The van der Waals surface area contributed by atoms with Gasteiger partial charge in [-0.05, 0) is 23.6 Å². The Morgan fingerprint density at radius 2 is 1.48 bits per heavy atom. The van der Waals surface area contributed by atoms with Gasteiger partial charge in [-0.1, -0.05) is 36.4 Å². The van der Waals surface area contributed by atoms with Crippen LogP contribution in [0, 0.1) is 0 Å². The zero-order valence-electron chi connectivity index (χ0n) is 13.7. The molecule has 4 rings (SSSR count). The van der Waals surface area contributed by atoms with Crippen LogP contribution in [0.4, 0.5) is 5.69 Å². The van der Waals surface area contributed by atoms with Gasteiger partial charge >= 0.3 is 0 Å². The van der Waals surface area contributed by atoms with E-state index in [1.165, 1.54) is 0 Å². The smallest absolute Gasteiger partial charge is 0.243 e. The van der Waals surface area contributed by atoms with E-state index in [1.54, 1.807) is 22.8 Å². The van der Waals surface area contributed by atoms with Crippen molar-refractivity contribution in [1.82, 2.24) is 9.29 Å². The standard InChI is InChI=1S/C19H19N3O2S/c23-25(24,19-7-3-5-16-4-1-2-6-18(16)19)22-14-12-21(13-15-22)17-8-10-20-11-9-17/h1-11H,12-15H2. The monoisotopic (exact) mass is 353 g/mol. The molecule has 5 nitrogen and oxygen atoms in total. The highest BCUT2D eigenvalue weighted by Crippen LogP contribution is 2.27. The summed E-state index contributed by atoms with van der Waals surface area (Å²) in [6.45, 7) is 2.31. The topological polar surface area (TPSA) is 53.5 Å². The van der Waals surface area contributed by atoms with Gasteiger partial charge in [-0.2, -0.15) is 4.31 Å². The SMILES string of the molecule is O=S(=O)(c1cccc2ccccc12)N1CCN(c2ccncc2)CC1. The van der Waals surface area contributed by atoms with Gasteiger partial charge in [-0.3, -0.25) is 4.98 Å². The van der Waals surface area contributed by atoms with E-state index in [4.69, 9.17) is 0 Å². The Balaban J connectivity index is 1.60. The van der Waals surface area contributed by atoms with Crippen molar-refractivity contribution in [2.24, 2.45) is 0 Å². The number of rotatable bonds is 3. The highest BCUT2D eigenvalue weighted by Gasteiger charge is 2.29. The lowest BCUT2D eigenvalue weighted by Crippen LogP contribution is -2.48. The first-order chi connectivity index (χ1) is 12.2. The summed E-state index contributed by atoms with van der Waals surface area (Å²) in [5.41, 5.74) is 1.08. The summed E-state index contributed by atoms with van der Waals surface area (Å²) in [6, 6.07) is 17.0. The molecule has 3 aromatic rings. The quantitative estimate of drug-likeness (QED) is 0.727. The average molecular weight is 353 g/mol. The lowest BCUT2D eigenvalue weighted by Gasteiger charge is -2.35. The fraction of sp³-hybridized carbons (Fsp3) is 0.211. The van der Waals surface area contributed by atoms with Gasteiger partial charge in [0.15, 0.2) is 0 Å². The van der Waals surface area contributed by atoms with Gasteiger partial charge in [-0.15, -0.1) is 0 Å². The zero-order chi connectivity index (χ0) is 17.3. The van der Waals surface area contributed by atoms with Crippen molar-refractivity contribution in [3.05, 3.63) is 67.0 Å². The lowest BCUT2D eigenvalue weighted by atomic mass is 10.1. The van der Waals surface area contributed by atoms with Crippen LogP contribution in [0.2, 0.25) is 0 Å². The molecule has 0 aliphatic carbocycles. The van der Waals surface area contributed by atoms with E-state index in [0.717, 1.165) is 16.5 Å². The fourth-order valence-electron chi connectivity index (χ4n) is 3.30. The fourth-order valence-corrected chi connectivity index (χ4v) is 4.94. The Hall–Kier alpha value is -2.44. The predicted molar refractivity (Wildman–Crippen MR) is 99.2 cm³/mol. The van der Waals surface area contributed by atoms with Crippen LogP contribution in [0.15, 0.2) is 71.9 Å². The van der Waals surface area contributed by atoms with E-state index < -0.39 is 10.0 Å². The van der Waals surface area contributed by atoms with Crippen LogP contribution in [0.25, 0.3) is 10.8 Å². The molecule has 128 valence electrons. The number of anilines is 1. The molecule has 2 aromatic carbocycles. The Morgan fingerprint density at radius 3 is 2.24 bits per heavy atom. The molecule has 0 N–H and O–H groups in total. The van der Waals surface area contributed by atoms with Crippen LogP contribution in [-0.2, 0) is 10.0 Å². The van der Waals surface area contributed by atoms with E-state index in [2.05, 4.69) is 9.88 Å². The van der Waals surface area contributed by atoms with Crippen molar-refractivity contribution in [3.8, 4) is 0 Å². The third-order valence-electron chi connectivity index (χ3n) is 4.63. The third kappa shape index (κ3) is 2.99. The average Bonchev–Trinajstić information content (AvgIpc) is 2.68. The molecule has 1 aromatic heterocycles. The van der Waals surface area contributed by atoms with Crippen molar-refractivity contribution in [2.75, 3.05) is 31.1 Å². The molecule has 6 heteroatoms. The Labute approximate surface area is 147 Å². The molecule has 0 radical (unpaired) electrons. The van der Waals surface area contributed by atoms with Gasteiger partial charge in [0.1, 0.15) is 0 Å². The first-order valence-corrected chi connectivity index (χ1v) is 9.73. The molecule has 0 unspecified atom stereocenters.